The first-order valence-corrected chi connectivity index (χ1v) is 6.43. The van der Waals surface area contributed by atoms with Crippen LogP contribution >= 0.6 is 11.6 Å². The maximum atomic E-state index is 10.0. The summed E-state index contributed by atoms with van der Waals surface area (Å²) in [4.78, 5) is 0. The highest BCUT2D eigenvalue weighted by Gasteiger charge is 2.09. The van der Waals surface area contributed by atoms with Crippen LogP contribution in [-0.4, -0.2) is 11.7 Å². The molecule has 0 bridgehead atoms. The van der Waals surface area contributed by atoms with Gasteiger partial charge in [-0.1, -0.05) is 41.9 Å². The van der Waals surface area contributed by atoms with Gasteiger partial charge in [0.25, 0.3) is 0 Å². The Morgan fingerprint density at radius 1 is 1.16 bits per heavy atom. The van der Waals surface area contributed by atoms with Crippen LogP contribution in [0.25, 0.3) is 0 Å². The molecule has 0 radical (unpaired) electrons. The van der Waals surface area contributed by atoms with E-state index in [0.29, 0.717) is 17.3 Å². The molecule has 1 atom stereocenters. The van der Waals surface area contributed by atoms with Gasteiger partial charge in [0, 0.05) is 17.1 Å². The number of ether oxygens (including phenoxy) is 1. The molecule has 3 N–H and O–H groups in total. The zero-order valence-electron chi connectivity index (χ0n) is 10.4. The van der Waals surface area contributed by atoms with Gasteiger partial charge in [-0.15, -0.1) is 0 Å². The molecule has 0 fully saturated rings. The van der Waals surface area contributed by atoms with Crippen LogP contribution in [0.1, 0.15) is 17.2 Å². The number of hydrogen-bond acceptors (Lipinski definition) is 3. The van der Waals surface area contributed by atoms with Crippen molar-refractivity contribution in [2.75, 3.05) is 6.61 Å². The number of benzene rings is 2. The Bertz CT molecular complexity index is 531. The molecule has 2 rings (SSSR count). The largest absolute Gasteiger partial charge is 0.490 e. The maximum Gasteiger partial charge on any atom is 0.124 e. The lowest BCUT2D eigenvalue weighted by Gasteiger charge is -2.15. The molecule has 100 valence electrons. The van der Waals surface area contributed by atoms with E-state index in [4.69, 9.17) is 22.1 Å². The van der Waals surface area contributed by atoms with E-state index in [1.807, 2.05) is 30.3 Å². The fourth-order valence-corrected chi connectivity index (χ4v) is 1.98. The highest BCUT2D eigenvalue weighted by atomic mass is 35.5. The minimum absolute atomic E-state index is 0.179. The first kappa shape index (κ1) is 13.9. The molecule has 0 aliphatic rings. The lowest BCUT2D eigenvalue weighted by Crippen LogP contribution is -2.11. The minimum Gasteiger partial charge on any atom is -0.490 e. The summed E-state index contributed by atoms with van der Waals surface area (Å²) in [6, 6.07) is 14.7. The van der Waals surface area contributed by atoms with Crippen LogP contribution in [0.2, 0.25) is 5.02 Å². The van der Waals surface area contributed by atoms with Crippen LogP contribution in [0.3, 0.4) is 0 Å². The SMILES string of the molecule is NCc1cc(Cl)ccc1OCC(O)c1ccccc1. The average Bonchev–Trinajstić information content (AvgIpc) is 2.46. The van der Waals surface area contributed by atoms with E-state index in [9.17, 15) is 5.11 Å². The fourth-order valence-electron chi connectivity index (χ4n) is 1.79. The summed E-state index contributed by atoms with van der Waals surface area (Å²) in [7, 11) is 0. The minimum atomic E-state index is -0.664. The second-order valence-corrected chi connectivity index (χ2v) is 4.63. The van der Waals surface area contributed by atoms with E-state index in [2.05, 4.69) is 0 Å². The van der Waals surface area contributed by atoms with Crippen molar-refractivity contribution < 1.29 is 9.84 Å². The number of aliphatic hydroxyl groups excluding tert-OH is 1. The second kappa shape index (κ2) is 6.57. The standard InChI is InChI=1S/C15H16ClNO2/c16-13-6-7-15(12(8-13)9-17)19-10-14(18)11-4-2-1-3-5-11/h1-8,14,18H,9-10,17H2. The Kier molecular flexibility index (Phi) is 4.80. The summed E-state index contributed by atoms with van der Waals surface area (Å²) < 4.78 is 5.61. The highest BCUT2D eigenvalue weighted by molar-refractivity contribution is 6.30. The fraction of sp³-hybridized carbons (Fsp3) is 0.200. The Hall–Kier alpha value is -1.55. The highest BCUT2D eigenvalue weighted by Crippen LogP contribution is 2.24. The van der Waals surface area contributed by atoms with Crippen molar-refractivity contribution in [1.82, 2.24) is 0 Å². The molecule has 19 heavy (non-hydrogen) atoms. The van der Waals surface area contributed by atoms with E-state index in [0.717, 1.165) is 11.1 Å². The third kappa shape index (κ3) is 3.70. The number of nitrogens with two attached hydrogens (primary N) is 1. The quantitative estimate of drug-likeness (QED) is 0.883. The van der Waals surface area contributed by atoms with Crippen molar-refractivity contribution in [1.29, 1.82) is 0 Å². The van der Waals surface area contributed by atoms with Crippen LogP contribution in [-0.2, 0) is 6.54 Å². The second-order valence-electron chi connectivity index (χ2n) is 4.19. The predicted molar refractivity (Wildman–Crippen MR) is 76.2 cm³/mol. The van der Waals surface area contributed by atoms with Gasteiger partial charge in [-0.3, -0.25) is 0 Å². The summed E-state index contributed by atoms with van der Waals surface area (Å²) in [5.41, 5.74) is 7.29. The summed E-state index contributed by atoms with van der Waals surface area (Å²) in [5, 5.41) is 10.6. The maximum absolute atomic E-state index is 10.0. The monoisotopic (exact) mass is 277 g/mol. The van der Waals surface area contributed by atoms with Crippen LogP contribution < -0.4 is 10.5 Å². The number of rotatable bonds is 5. The van der Waals surface area contributed by atoms with Crippen molar-refractivity contribution in [2.45, 2.75) is 12.6 Å². The predicted octanol–water partition coefficient (Wildman–Crippen LogP) is 2.91. The smallest absolute Gasteiger partial charge is 0.124 e. The molecule has 0 heterocycles. The third-order valence-electron chi connectivity index (χ3n) is 2.82. The molecule has 1 unspecified atom stereocenters. The molecule has 0 spiro atoms. The Balaban J connectivity index is 2.03. The first-order valence-electron chi connectivity index (χ1n) is 6.05. The van der Waals surface area contributed by atoms with Crippen molar-refractivity contribution in [3.63, 3.8) is 0 Å². The molecule has 0 aromatic heterocycles. The van der Waals surface area contributed by atoms with Gasteiger partial charge >= 0.3 is 0 Å². The van der Waals surface area contributed by atoms with E-state index in [-0.39, 0.29) is 6.61 Å². The van der Waals surface area contributed by atoms with E-state index in [1.54, 1.807) is 18.2 Å². The molecular weight excluding hydrogens is 262 g/mol. The zero-order valence-corrected chi connectivity index (χ0v) is 11.2. The van der Waals surface area contributed by atoms with Gasteiger partial charge in [-0.2, -0.15) is 0 Å². The molecule has 2 aromatic carbocycles. The number of hydrogen-bond donors (Lipinski definition) is 2. The topological polar surface area (TPSA) is 55.5 Å². The molecule has 2 aromatic rings. The molecule has 0 saturated heterocycles. The summed E-state index contributed by atoms with van der Waals surface area (Å²) in [5.74, 6) is 0.655. The Morgan fingerprint density at radius 2 is 1.89 bits per heavy atom. The van der Waals surface area contributed by atoms with Gasteiger partial charge in [0.05, 0.1) is 0 Å². The molecule has 0 amide bonds. The molecule has 0 aliphatic heterocycles. The van der Waals surface area contributed by atoms with Gasteiger partial charge in [0.2, 0.25) is 0 Å². The first-order chi connectivity index (χ1) is 9.20. The van der Waals surface area contributed by atoms with Crippen molar-refractivity contribution in [3.8, 4) is 5.75 Å². The summed E-state index contributed by atoms with van der Waals surface area (Å²) >= 11 is 5.89. The molecular formula is C15H16ClNO2. The summed E-state index contributed by atoms with van der Waals surface area (Å²) in [6.07, 6.45) is -0.664. The van der Waals surface area contributed by atoms with Crippen LogP contribution in [0.5, 0.6) is 5.75 Å². The average molecular weight is 278 g/mol. The lowest BCUT2D eigenvalue weighted by atomic mass is 10.1. The number of aliphatic hydroxyl groups is 1. The van der Waals surface area contributed by atoms with Crippen LogP contribution in [0.4, 0.5) is 0 Å². The molecule has 0 aliphatic carbocycles. The number of halogens is 1. The van der Waals surface area contributed by atoms with Crippen LogP contribution in [0, 0.1) is 0 Å². The van der Waals surface area contributed by atoms with Crippen LogP contribution in [0.15, 0.2) is 48.5 Å². The third-order valence-corrected chi connectivity index (χ3v) is 3.06. The van der Waals surface area contributed by atoms with Gasteiger partial charge in [0.15, 0.2) is 0 Å². The van der Waals surface area contributed by atoms with E-state index < -0.39 is 6.10 Å². The van der Waals surface area contributed by atoms with E-state index >= 15 is 0 Å². The molecule has 3 nitrogen and oxygen atoms in total. The van der Waals surface area contributed by atoms with Gasteiger partial charge in [0.1, 0.15) is 18.5 Å². The Morgan fingerprint density at radius 3 is 2.58 bits per heavy atom. The van der Waals surface area contributed by atoms with Gasteiger partial charge in [-0.25, -0.2) is 0 Å². The zero-order chi connectivity index (χ0) is 13.7. The van der Waals surface area contributed by atoms with Crippen molar-refractivity contribution >= 4 is 11.6 Å². The normalized spacial score (nSPS) is 12.2. The summed E-state index contributed by atoms with van der Waals surface area (Å²) in [6.45, 7) is 0.524. The Labute approximate surface area is 117 Å². The molecule has 0 saturated carbocycles. The van der Waals surface area contributed by atoms with Crippen molar-refractivity contribution in [3.05, 3.63) is 64.7 Å². The van der Waals surface area contributed by atoms with Crippen molar-refractivity contribution in [2.24, 2.45) is 5.73 Å². The van der Waals surface area contributed by atoms with Gasteiger partial charge < -0.3 is 15.6 Å². The van der Waals surface area contributed by atoms with E-state index in [1.165, 1.54) is 0 Å². The molecule has 4 heteroatoms. The lowest BCUT2D eigenvalue weighted by molar-refractivity contribution is 0.107. The van der Waals surface area contributed by atoms with Gasteiger partial charge in [-0.05, 0) is 23.8 Å².